The van der Waals surface area contributed by atoms with Crippen LogP contribution in [0.1, 0.15) is 24.5 Å². The van der Waals surface area contributed by atoms with Crippen LogP contribution in [0, 0.1) is 18.6 Å². The molecule has 0 saturated heterocycles. The molecule has 0 aromatic heterocycles. The molecular weight excluding hydrogens is 206 g/mol. The molecule has 0 N–H and O–H groups in total. The monoisotopic (exact) mass is 220 g/mol. The van der Waals surface area contributed by atoms with Crippen molar-refractivity contribution in [2.75, 3.05) is 0 Å². The third-order valence-corrected chi connectivity index (χ3v) is 2.81. The summed E-state index contributed by atoms with van der Waals surface area (Å²) < 4.78 is 27.4. The molecule has 0 heterocycles. The predicted molar refractivity (Wildman–Crippen MR) is 62.6 cm³/mol. The maximum absolute atomic E-state index is 13.7. The maximum Gasteiger partial charge on any atom is 0.134 e. The van der Waals surface area contributed by atoms with Gasteiger partial charge in [0, 0.05) is 10.8 Å². The molecule has 0 aliphatic rings. The molecule has 84 valence electrons. The second-order valence-electron chi connectivity index (χ2n) is 4.12. The van der Waals surface area contributed by atoms with Gasteiger partial charge < -0.3 is 0 Å². The van der Waals surface area contributed by atoms with Crippen molar-refractivity contribution in [2.45, 2.75) is 26.7 Å². The Kier molecular flexibility index (Phi) is 2.90. The largest absolute Gasteiger partial charge is 0.206 e. The van der Waals surface area contributed by atoms with E-state index in [0.29, 0.717) is 16.3 Å². The summed E-state index contributed by atoms with van der Waals surface area (Å²) >= 11 is 0. The number of hydrogen-bond acceptors (Lipinski definition) is 0. The van der Waals surface area contributed by atoms with Crippen molar-refractivity contribution < 1.29 is 8.78 Å². The van der Waals surface area contributed by atoms with Crippen LogP contribution in [0.4, 0.5) is 8.78 Å². The Morgan fingerprint density at radius 3 is 2.50 bits per heavy atom. The lowest BCUT2D eigenvalue weighted by Crippen LogP contribution is -1.91. The number of benzene rings is 2. The van der Waals surface area contributed by atoms with Gasteiger partial charge in [0.2, 0.25) is 0 Å². The molecule has 2 rings (SSSR count). The highest BCUT2D eigenvalue weighted by Crippen LogP contribution is 2.25. The van der Waals surface area contributed by atoms with E-state index in [-0.39, 0.29) is 11.6 Å². The molecule has 2 aromatic rings. The molecule has 2 heteroatoms. The summed E-state index contributed by atoms with van der Waals surface area (Å²) in [5.74, 6) is -0.661. The van der Waals surface area contributed by atoms with Crippen molar-refractivity contribution in [3.05, 3.63) is 47.0 Å². The summed E-state index contributed by atoms with van der Waals surface area (Å²) in [5.41, 5.74) is 1.41. The van der Waals surface area contributed by atoms with Crippen LogP contribution in [0.2, 0.25) is 0 Å². The van der Waals surface area contributed by atoms with Gasteiger partial charge >= 0.3 is 0 Å². The molecular formula is C14H14F2. The summed E-state index contributed by atoms with van der Waals surface area (Å²) in [5, 5.41) is 0.756. The van der Waals surface area contributed by atoms with E-state index in [1.807, 2.05) is 6.07 Å². The quantitative estimate of drug-likeness (QED) is 0.704. The van der Waals surface area contributed by atoms with Crippen LogP contribution >= 0.6 is 0 Å². The zero-order chi connectivity index (χ0) is 11.7. The Labute approximate surface area is 93.9 Å². The van der Waals surface area contributed by atoms with Crippen LogP contribution in [0.25, 0.3) is 10.8 Å². The first-order chi connectivity index (χ1) is 7.63. The molecule has 0 radical (unpaired) electrons. The fourth-order valence-electron chi connectivity index (χ4n) is 1.97. The first-order valence-electron chi connectivity index (χ1n) is 5.50. The fourth-order valence-corrected chi connectivity index (χ4v) is 1.97. The average molecular weight is 220 g/mol. The van der Waals surface area contributed by atoms with Gasteiger partial charge in [-0.1, -0.05) is 25.5 Å². The molecule has 16 heavy (non-hydrogen) atoms. The molecule has 0 aliphatic carbocycles. The molecule has 0 amide bonds. The summed E-state index contributed by atoms with van der Waals surface area (Å²) in [6.07, 6.45) is 1.90. The minimum atomic E-state index is -0.341. The Morgan fingerprint density at radius 1 is 1.06 bits per heavy atom. The van der Waals surface area contributed by atoms with Gasteiger partial charge in [-0.15, -0.1) is 0 Å². The predicted octanol–water partition coefficient (Wildman–Crippen LogP) is 4.38. The van der Waals surface area contributed by atoms with Crippen molar-refractivity contribution in [1.29, 1.82) is 0 Å². The number of aryl methyl sites for hydroxylation is 2. The van der Waals surface area contributed by atoms with Crippen molar-refractivity contribution in [3.8, 4) is 0 Å². The van der Waals surface area contributed by atoms with Crippen LogP contribution in [-0.2, 0) is 6.42 Å². The van der Waals surface area contributed by atoms with E-state index >= 15 is 0 Å². The van der Waals surface area contributed by atoms with E-state index in [1.54, 1.807) is 19.1 Å². The Hall–Kier alpha value is -1.44. The summed E-state index contributed by atoms with van der Waals surface area (Å²) in [7, 11) is 0. The summed E-state index contributed by atoms with van der Waals surface area (Å²) in [6, 6.07) is 6.55. The molecule has 0 unspecified atom stereocenters. The topological polar surface area (TPSA) is 0 Å². The smallest absolute Gasteiger partial charge is 0.134 e. The van der Waals surface area contributed by atoms with Gasteiger partial charge in [-0.05, 0) is 36.6 Å². The molecule has 0 aliphatic heterocycles. The number of rotatable bonds is 2. The van der Waals surface area contributed by atoms with Crippen LogP contribution in [0.3, 0.4) is 0 Å². The minimum absolute atomic E-state index is 0.320. The first kappa shape index (κ1) is 11.1. The zero-order valence-electron chi connectivity index (χ0n) is 9.48. The molecule has 0 saturated carbocycles. The first-order valence-corrected chi connectivity index (χ1v) is 5.50. The zero-order valence-corrected chi connectivity index (χ0v) is 9.48. The Morgan fingerprint density at radius 2 is 1.81 bits per heavy atom. The van der Waals surface area contributed by atoms with Crippen LogP contribution in [0.15, 0.2) is 24.3 Å². The van der Waals surface area contributed by atoms with Crippen LogP contribution < -0.4 is 0 Å². The minimum Gasteiger partial charge on any atom is -0.206 e. The van der Waals surface area contributed by atoms with Gasteiger partial charge in [0.05, 0.1) is 0 Å². The molecule has 0 atom stereocenters. The molecule has 0 nitrogen and oxygen atoms in total. The normalized spacial score (nSPS) is 11.0. The van der Waals surface area contributed by atoms with Crippen LogP contribution in [-0.4, -0.2) is 0 Å². The lowest BCUT2D eigenvalue weighted by molar-refractivity contribution is 0.610. The molecule has 0 spiro atoms. The van der Waals surface area contributed by atoms with Gasteiger partial charge in [0.25, 0.3) is 0 Å². The van der Waals surface area contributed by atoms with Gasteiger partial charge in [0.1, 0.15) is 11.6 Å². The number of fused-ring (bicyclic) bond motifs is 1. The van der Waals surface area contributed by atoms with E-state index in [1.165, 1.54) is 6.07 Å². The van der Waals surface area contributed by atoms with Crippen LogP contribution in [0.5, 0.6) is 0 Å². The van der Waals surface area contributed by atoms with Crippen molar-refractivity contribution in [1.82, 2.24) is 0 Å². The SMILES string of the molecule is CCCc1ccc2c(F)c(C)cc(F)c2c1. The average Bonchev–Trinajstić information content (AvgIpc) is 2.27. The second kappa shape index (κ2) is 4.20. The van der Waals surface area contributed by atoms with E-state index in [9.17, 15) is 8.78 Å². The van der Waals surface area contributed by atoms with Crippen molar-refractivity contribution in [3.63, 3.8) is 0 Å². The fraction of sp³-hybridized carbons (Fsp3) is 0.286. The molecule has 0 fully saturated rings. The molecule has 0 bridgehead atoms. The lowest BCUT2D eigenvalue weighted by atomic mass is 10.0. The highest BCUT2D eigenvalue weighted by atomic mass is 19.1. The van der Waals surface area contributed by atoms with Crippen molar-refractivity contribution in [2.24, 2.45) is 0 Å². The summed E-state index contributed by atoms with van der Waals surface area (Å²) in [6.45, 7) is 3.65. The third kappa shape index (κ3) is 1.80. The number of hydrogen-bond donors (Lipinski definition) is 0. The second-order valence-corrected chi connectivity index (χ2v) is 4.12. The number of halogens is 2. The third-order valence-electron chi connectivity index (χ3n) is 2.81. The standard InChI is InChI=1S/C14H14F2/c1-3-4-10-5-6-11-12(8-10)13(15)7-9(2)14(11)16/h5-8H,3-4H2,1-2H3. The van der Waals surface area contributed by atoms with E-state index in [2.05, 4.69) is 6.92 Å². The van der Waals surface area contributed by atoms with E-state index in [0.717, 1.165) is 18.4 Å². The maximum atomic E-state index is 13.7. The van der Waals surface area contributed by atoms with Gasteiger partial charge in [-0.3, -0.25) is 0 Å². The van der Waals surface area contributed by atoms with Gasteiger partial charge in [0.15, 0.2) is 0 Å². The highest BCUT2D eigenvalue weighted by Gasteiger charge is 2.09. The summed E-state index contributed by atoms with van der Waals surface area (Å²) in [4.78, 5) is 0. The molecule has 2 aromatic carbocycles. The van der Waals surface area contributed by atoms with E-state index in [4.69, 9.17) is 0 Å². The Balaban J connectivity index is 2.69. The van der Waals surface area contributed by atoms with Crippen molar-refractivity contribution >= 4 is 10.8 Å². The lowest BCUT2D eigenvalue weighted by Gasteiger charge is -2.06. The van der Waals surface area contributed by atoms with E-state index < -0.39 is 0 Å². The Bertz CT molecular complexity index is 530. The van der Waals surface area contributed by atoms with Gasteiger partial charge in [-0.25, -0.2) is 8.78 Å². The highest BCUT2D eigenvalue weighted by molar-refractivity contribution is 5.85. The van der Waals surface area contributed by atoms with Gasteiger partial charge in [-0.2, -0.15) is 0 Å².